The van der Waals surface area contributed by atoms with Gasteiger partial charge in [0.1, 0.15) is 11.6 Å². The molecule has 114 valence electrons. The molecule has 0 radical (unpaired) electrons. The summed E-state index contributed by atoms with van der Waals surface area (Å²) < 4.78 is 18.4. The Morgan fingerprint density at radius 3 is 2.73 bits per heavy atom. The molecule has 1 aliphatic heterocycles. The van der Waals surface area contributed by atoms with E-state index in [9.17, 15) is 9.18 Å². The maximum atomic E-state index is 13.1. The minimum atomic E-state index is -0.437. The van der Waals surface area contributed by atoms with Crippen molar-refractivity contribution in [2.75, 3.05) is 36.5 Å². The topological polar surface area (TPSA) is 54.5 Å². The van der Waals surface area contributed by atoms with Gasteiger partial charge in [0.15, 0.2) is 0 Å². The number of carbonyl (C=O) groups excluding carboxylic acids is 1. The van der Waals surface area contributed by atoms with Crippen LogP contribution in [0.2, 0.25) is 0 Å². The first-order chi connectivity index (χ1) is 10.7. The molecule has 2 heterocycles. The predicted octanol–water partition coefficient (Wildman–Crippen LogP) is 2.31. The van der Waals surface area contributed by atoms with Crippen molar-refractivity contribution in [3.05, 3.63) is 54.0 Å². The molecule has 5 nitrogen and oxygen atoms in total. The summed E-state index contributed by atoms with van der Waals surface area (Å²) in [5.41, 5.74) is 0.850. The van der Waals surface area contributed by atoms with E-state index >= 15 is 0 Å². The molecule has 0 saturated carbocycles. The van der Waals surface area contributed by atoms with Crippen molar-refractivity contribution in [1.82, 2.24) is 4.98 Å². The lowest BCUT2D eigenvalue weighted by atomic mass is 10.2. The molecule has 0 unspecified atom stereocenters. The Hall–Kier alpha value is -2.47. The average Bonchev–Trinajstić information content (AvgIpc) is 2.56. The number of hydrogen-bond donors (Lipinski definition) is 1. The third-order valence-electron chi connectivity index (χ3n) is 3.43. The molecular formula is C16H16FN3O2. The van der Waals surface area contributed by atoms with Crippen LogP contribution in [0.15, 0.2) is 42.6 Å². The van der Waals surface area contributed by atoms with Crippen LogP contribution in [0, 0.1) is 5.82 Å². The van der Waals surface area contributed by atoms with E-state index in [1.165, 1.54) is 18.2 Å². The highest BCUT2D eigenvalue weighted by Crippen LogP contribution is 2.16. The fraction of sp³-hybridized carbons (Fsp3) is 0.250. The van der Waals surface area contributed by atoms with Gasteiger partial charge in [-0.05, 0) is 30.3 Å². The highest BCUT2D eigenvalue weighted by molar-refractivity contribution is 6.04. The minimum Gasteiger partial charge on any atom is -0.378 e. The van der Waals surface area contributed by atoms with Gasteiger partial charge >= 0.3 is 0 Å². The Balaban J connectivity index is 1.66. The van der Waals surface area contributed by atoms with E-state index in [1.54, 1.807) is 18.3 Å². The van der Waals surface area contributed by atoms with Crippen LogP contribution in [-0.4, -0.2) is 37.2 Å². The van der Waals surface area contributed by atoms with Gasteiger partial charge in [-0.2, -0.15) is 0 Å². The number of carbonyl (C=O) groups is 1. The number of halogens is 1. The third kappa shape index (κ3) is 3.40. The predicted molar refractivity (Wildman–Crippen MR) is 81.6 cm³/mol. The second kappa shape index (κ2) is 6.53. The summed E-state index contributed by atoms with van der Waals surface area (Å²) in [5, 5.41) is 2.70. The number of benzene rings is 1. The number of pyridine rings is 1. The Kier molecular flexibility index (Phi) is 4.29. The zero-order valence-electron chi connectivity index (χ0n) is 12.0. The molecule has 3 rings (SSSR count). The molecule has 1 N–H and O–H groups in total. The van der Waals surface area contributed by atoms with Crippen LogP contribution >= 0.6 is 0 Å². The van der Waals surface area contributed by atoms with Crippen LogP contribution in [0.3, 0.4) is 0 Å². The van der Waals surface area contributed by atoms with E-state index < -0.39 is 5.82 Å². The standard InChI is InChI=1S/C16H16FN3O2/c17-13-3-1-2-12(10-13)16(21)19-14-4-5-15(18-11-14)20-6-8-22-9-7-20/h1-5,10-11H,6-9H2,(H,19,21). The smallest absolute Gasteiger partial charge is 0.255 e. The van der Waals surface area contributed by atoms with Crippen LogP contribution < -0.4 is 10.2 Å². The molecule has 6 heteroatoms. The first kappa shape index (κ1) is 14.5. The molecule has 0 atom stereocenters. The molecular weight excluding hydrogens is 285 g/mol. The van der Waals surface area contributed by atoms with E-state index in [2.05, 4.69) is 15.2 Å². The van der Waals surface area contributed by atoms with Gasteiger partial charge in [0.25, 0.3) is 5.91 Å². The molecule has 2 aromatic rings. The molecule has 1 aliphatic rings. The maximum absolute atomic E-state index is 13.1. The van der Waals surface area contributed by atoms with Crippen LogP contribution in [0.1, 0.15) is 10.4 Å². The van der Waals surface area contributed by atoms with E-state index in [1.807, 2.05) is 6.07 Å². The highest BCUT2D eigenvalue weighted by atomic mass is 19.1. The van der Waals surface area contributed by atoms with Crippen molar-refractivity contribution in [1.29, 1.82) is 0 Å². The molecule has 22 heavy (non-hydrogen) atoms. The van der Waals surface area contributed by atoms with E-state index in [0.717, 1.165) is 18.9 Å². The number of morpholine rings is 1. The molecule has 1 saturated heterocycles. The number of ether oxygens (including phenoxy) is 1. The normalized spacial score (nSPS) is 14.7. The second-order valence-corrected chi connectivity index (χ2v) is 4.97. The fourth-order valence-electron chi connectivity index (χ4n) is 2.27. The maximum Gasteiger partial charge on any atom is 0.255 e. The minimum absolute atomic E-state index is 0.275. The molecule has 1 aromatic heterocycles. The van der Waals surface area contributed by atoms with Gasteiger partial charge in [-0.1, -0.05) is 6.07 Å². The lowest BCUT2D eigenvalue weighted by Crippen LogP contribution is -2.36. The summed E-state index contributed by atoms with van der Waals surface area (Å²) in [6.45, 7) is 3.00. The van der Waals surface area contributed by atoms with Crippen molar-refractivity contribution < 1.29 is 13.9 Å². The van der Waals surface area contributed by atoms with Gasteiger partial charge in [0, 0.05) is 18.7 Å². The monoisotopic (exact) mass is 301 g/mol. The van der Waals surface area contributed by atoms with Crippen molar-refractivity contribution >= 4 is 17.4 Å². The van der Waals surface area contributed by atoms with Gasteiger partial charge in [0.05, 0.1) is 25.1 Å². The van der Waals surface area contributed by atoms with Crippen LogP contribution in [0.4, 0.5) is 15.9 Å². The largest absolute Gasteiger partial charge is 0.378 e. The molecule has 1 fully saturated rings. The second-order valence-electron chi connectivity index (χ2n) is 4.97. The third-order valence-corrected chi connectivity index (χ3v) is 3.43. The van der Waals surface area contributed by atoms with E-state index in [0.29, 0.717) is 18.9 Å². The zero-order valence-corrected chi connectivity index (χ0v) is 12.0. The van der Waals surface area contributed by atoms with Gasteiger partial charge in [-0.3, -0.25) is 4.79 Å². The SMILES string of the molecule is O=C(Nc1ccc(N2CCOCC2)nc1)c1cccc(F)c1. The van der Waals surface area contributed by atoms with E-state index in [4.69, 9.17) is 4.74 Å². The lowest BCUT2D eigenvalue weighted by Gasteiger charge is -2.27. The first-order valence-electron chi connectivity index (χ1n) is 7.08. The Morgan fingerprint density at radius 1 is 1.23 bits per heavy atom. The number of amides is 1. The fourth-order valence-corrected chi connectivity index (χ4v) is 2.27. The van der Waals surface area contributed by atoms with Gasteiger partial charge < -0.3 is 15.0 Å². The van der Waals surface area contributed by atoms with Gasteiger partial charge in [0.2, 0.25) is 0 Å². The number of anilines is 2. The van der Waals surface area contributed by atoms with Crippen molar-refractivity contribution in [2.24, 2.45) is 0 Å². The summed E-state index contributed by atoms with van der Waals surface area (Å²) >= 11 is 0. The number of nitrogens with one attached hydrogen (secondary N) is 1. The van der Waals surface area contributed by atoms with Crippen LogP contribution in [-0.2, 0) is 4.74 Å². The Morgan fingerprint density at radius 2 is 2.05 bits per heavy atom. The Labute approximate surface area is 127 Å². The average molecular weight is 301 g/mol. The molecule has 0 aliphatic carbocycles. The van der Waals surface area contributed by atoms with Crippen LogP contribution in [0.25, 0.3) is 0 Å². The highest BCUT2D eigenvalue weighted by Gasteiger charge is 2.12. The van der Waals surface area contributed by atoms with E-state index in [-0.39, 0.29) is 11.5 Å². The van der Waals surface area contributed by atoms with Crippen molar-refractivity contribution in [3.8, 4) is 0 Å². The Bertz CT molecular complexity index is 655. The van der Waals surface area contributed by atoms with Gasteiger partial charge in [-0.25, -0.2) is 9.37 Å². The van der Waals surface area contributed by atoms with Crippen LogP contribution in [0.5, 0.6) is 0 Å². The van der Waals surface area contributed by atoms with Gasteiger partial charge in [-0.15, -0.1) is 0 Å². The first-order valence-corrected chi connectivity index (χ1v) is 7.08. The number of nitrogens with zero attached hydrogens (tertiary/aromatic N) is 2. The summed E-state index contributed by atoms with van der Waals surface area (Å²) in [4.78, 5) is 18.5. The summed E-state index contributed by atoms with van der Waals surface area (Å²) in [5.74, 6) is 0.0564. The molecule has 0 spiro atoms. The quantitative estimate of drug-likeness (QED) is 0.945. The lowest BCUT2D eigenvalue weighted by molar-refractivity contribution is 0.102. The summed E-state index contributed by atoms with van der Waals surface area (Å²) in [7, 11) is 0. The zero-order chi connectivity index (χ0) is 15.4. The summed E-state index contributed by atoms with van der Waals surface area (Å²) in [6, 6.07) is 9.21. The molecule has 1 amide bonds. The van der Waals surface area contributed by atoms with Crippen molar-refractivity contribution in [2.45, 2.75) is 0 Å². The number of rotatable bonds is 3. The molecule has 0 bridgehead atoms. The molecule has 1 aromatic carbocycles. The van der Waals surface area contributed by atoms with Crippen molar-refractivity contribution in [3.63, 3.8) is 0 Å². The number of aromatic nitrogens is 1. The number of hydrogen-bond acceptors (Lipinski definition) is 4. The summed E-state index contributed by atoms with van der Waals surface area (Å²) in [6.07, 6.45) is 1.60.